The van der Waals surface area contributed by atoms with Crippen LogP contribution < -0.4 is 5.56 Å². The summed E-state index contributed by atoms with van der Waals surface area (Å²) >= 11 is 5.68. The molecule has 0 N–H and O–H groups in total. The van der Waals surface area contributed by atoms with E-state index in [1.807, 2.05) is 0 Å². The summed E-state index contributed by atoms with van der Waals surface area (Å²) in [5.41, 5.74) is -3.20. The summed E-state index contributed by atoms with van der Waals surface area (Å²) in [6, 6.07) is 2.94. The Hall–Kier alpha value is -1.87. The van der Waals surface area contributed by atoms with Crippen LogP contribution in [-0.2, 0) is 23.1 Å². The van der Waals surface area contributed by atoms with Crippen molar-refractivity contribution < 1.29 is 26.0 Å². The summed E-state index contributed by atoms with van der Waals surface area (Å²) in [5, 5.41) is -0.387. The molecule has 2 rings (SSSR count). The van der Waals surface area contributed by atoms with E-state index >= 15 is 0 Å². The monoisotopic (exact) mass is 383 g/mol. The molecule has 0 aliphatic carbocycles. The van der Waals surface area contributed by atoms with Gasteiger partial charge in [-0.15, -0.1) is 0 Å². The number of benzene rings is 1. The van der Waals surface area contributed by atoms with Crippen molar-refractivity contribution in [2.45, 2.75) is 11.1 Å². The van der Waals surface area contributed by atoms with Crippen LogP contribution in [0.2, 0.25) is 5.02 Å². The summed E-state index contributed by atoms with van der Waals surface area (Å²) < 4.78 is 76.1. The number of halogens is 5. The molecule has 130 valence electrons. The molecule has 0 radical (unpaired) electrons. The molecule has 0 amide bonds. The van der Waals surface area contributed by atoms with Crippen LogP contribution in [0.15, 0.2) is 34.0 Å². The Morgan fingerprint density at radius 1 is 1.12 bits per heavy atom. The van der Waals surface area contributed by atoms with E-state index < -0.39 is 49.1 Å². The van der Waals surface area contributed by atoms with Crippen LogP contribution in [0.3, 0.4) is 0 Å². The van der Waals surface area contributed by atoms with Gasteiger partial charge in [0.15, 0.2) is 9.84 Å². The first-order valence-electron chi connectivity index (χ1n) is 6.30. The molecule has 0 atom stereocenters. The first-order chi connectivity index (χ1) is 10.8. The number of hydrogen-bond acceptors (Lipinski definition) is 3. The minimum absolute atomic E-state index is 0.323. The van der Waals surface area contributed by atoms with Crippen molar-refractivity contribution in [2.75, 3.05) is 6.26 Å². The molecular formula is C14H10ClF4NO3S. The lowest BCUT2D eigenvalue weighted by atomic mass is 10.1. The molecule has 0 aliphatic heterocycles. The Balaban J connectivity index is 2.79. The van der Waals surface area contributed by atoms with Crippen LogP contribution in [0.25, 0.3) is 11.1 Å². The van der Waals surface area contributed by atoms with E-state index in [0.29, 0.717) is 16.7 Å². The van der Waals surface area contributed by atoms with Crippen LogP contribution in [0.1, 0.15) is 5.69 Å². The van der Waals surface area contributed by atoms with Gasteiger partial charge in [0.2, 0.25) is 0 Å². The van der Waals surface area contributed by atoms with Crippen molar-refractivity contribution in [1.29, 1.82) is 0 Å². The van der Waals surface area contributed by atoms with Gasteiger partial charge in [0.25, 0.3) is 5.56 Å². The molecule has 1 aromatic heterocycles. The fourth-order valence-corrected chi connectivity index (χ4v) is 3.46. The van der Waals surface area contributed by atoms with Gasteiger partial charge in [-0.3, -0.25) is 4.79 Å². The molecule has 4 nitrogen and oxygen atoms in total. The van der Waals surface area contributed by atoms with E-state index in [4.69, 9.17) is 11.6 Å². The zero-order valence-corrected chi connectivity index (χ0v) is 13.9. The van der Waals surface area contributed by atoms with Crippen molar-refractivity contribution in [3.05, 3.63) is 51.2 Å². The number of rotatable bonds is 2. The van der Waals surface area contributed by atoms with Gasteiger partial charge in [0, 0.05) is 18.9 Å². The molecule has 10 heteroatoms. The highest BCUT2D eigenvalue weighted by Gasteiger charge is 2.34. The zero-order chi connectivity index (χ0) is 18.4. The smallest absolute Gasteiger partial charge is 0.307 e. The highest BCUT2D eigenvalue weighted by Crippen LogP contribution is 2.32. The first-order valence-corrected chi connectivity index (χ1v) is 8.57. The van der Waals surface area contributed by atoms with Crippen molar-refractivity contribution in [2.24, 2.45) is 7.05 Å². The average molecular weight is 384 g/mol. The fourth-order valence-electron chi connectivity index (χ4n) is 2.14. The molecule has 2 aromatic rings. The van der Waals surface area contributed by atoms with Gasteiger partial charge in [-0.05, 0) is 24.3 Å². The lowest BCUT2D eigenvalue weighted by molar-refractivity contribution is -0.143. The van der Waals surface area contributed by atoms with E-state index in [0.717, 1.165) is 25.4 Å². The Morgan fingerprint density at radius 3 is 2.21 bits per heavy atom. The molecule has 0 spiro atoms. The fraction of sp³-hybridized carbons (Fsp3) is 0.214. The summed E-state index contributed by atoms with van der Waals surface area (Å²) in [4.78, 5) is 11.7. The molecule has 24 heavy (non-hydrogen) atoms. The van der Waals surface area contributed by atoms with E-state index in [1.165, 1.54) is 0 Å². The Morgan fingerprint density at radius 2 is 1.71 bits per heavy atom. The van der Waals surface area contributed by atoms with Crippen LogP contribution in [-0.4, -0.2) is 19.2 Å². The molecule has 1 heterocycles. The van der Waals surface area contributed by atoms with Crippen LogP contribution in [0, 0.1) is 5.82 Å². The second-order valence-electron chi connectivity index (χ2n) is 5.03. The highest BCUT2D eigenvalue weighted by molar-refractivity contribution is 7.90. The third-order valence-electron chi connectivity index (χ3n) is 3.31. The average Bonchev–Trinajstić information content (AvgIpc) is 2.39. The Labute approximate surface area is 139 Å². The second-order valence-corrected chi connectivity index (χ2v) is 7.42. The molecule has 1 aromatic carbocycles. The lowest BCUT2D eigenvalue weighted by Gasteiger charge is -2.14. The Bertz CT molecular complexity index is 981. The molecule has 0 aliphatic rings. The van der Waals surface area contributed by atoms with E-state index in [9.17, 15) is 30.8 Å². The summed E-state index contributed by atoms with van der Waals surface area (Å²) in [5.74, 6) is -1.02. The van der Waals surface area contributed by atoms with Gasteiger partial charge < -0.3 is 4.57 Å². The second kappa shape index (κ2) is 5.89. The third kappa shape index (κ3) is 3.32. The summed E-state index contributed by atoms with van der Waals surface area (Å²) in [6.45, 7) is 0. The molecule has 0 bridgehead atoms. The predicted molar refractivity (Wildman–Crippen MR) is 80.2 cm³/mol. The van der Waals surface area contributed by atoms with Crippen molar-refractivity contribution in [3.63, 3.8) is 0 Å². The topological polar surface area (TPSA) is 56.1 Å². The first kappa shape index (κ1) is 18.5. The normalized spacial score (nSPS) is 12.5. The summed E-state index contributed by atoms with van der Waals surface area (Å²) in [7, 11) is -2.93. The standard InChI is InChI=1S/C14H10ClF4NO3S/c1-20-12(14(17,18)19)4-3-7(13(20)21)8-5-11(24(2,22)23)9(15)6-10(8)16/h3-6H,1-2H3. The largest absolute Gasteiger partial charge is 0.431 e. The molecule has 0 fully saturated rings. The quantitative estimate of drug-likeness (QED) is 0.591. The van der Waals surface area contributed by atoms with Gasteiger partial charge in [0.1, 0.15) is 11.5 Å². The van der Waals surface area contributed by atoms with Crippen LogP contribution in [0.5, 0.6) is 0 Å². The SMILES string of the molecule is Cn1c(C(F)(F)F)ccc(-c2cc(S(C)(=O)=O)c(Cl)cc2F)c1=O. The maximum atomic E-state index is 14.1. The molecule has 0 saturated heterocycles. The molecular weight excluding hydrogens is 374 g/mol. The van der Waals surface area contributed by atoms with E-state index in [-0.39, 0.29) is 5.02 Å². The number of nitrogens with zero attached hydrogens (tertiary/aromatic N) is 1. The van der Waals surface area contributed by atoms with Crippen LogP contribution in [0.4, 0.5) is 17.6 Å². The number of alkyl halides is 3. The van der Waals surface area contributed by atoms with Crippen LogP contribution >= 0.6 is 11.6 Å². The van der Waals surface area contributed by atoms with Gasteiger partial charge in [-0.1, -0.05) is 11.6 Å². The number of pyridine rings is 1. The maximum absolute atomic E-state index is 14.1. The van der Waals surface area contributed by atoms with Crippen molar-refractivity contribution >= 4 is 21.4 Å². The third-order valence-corrected chi connectivity index (χ3v) is 4.87. The maximum Gasteiger partial charge on any atom is 0.431 e. The zero-order valence-electron chi connectivity index (χ0n) is 12.3. The predicted octanol–water partition coefficient (Wildman–Crippen LogP) is 3.27. The van der Waals surface area contributed by atoms with Crippen molar-refractivity contribution in [3.8, 4) is 11.1 Å². The molecule has 0 unspecified atom stereocenters. The van der Waals surface area contributed by atoms with Gasteiger partial charge in [-0.25, -0.2) is 12.8 Å². The Kier molecular flexibility index (Phi) is 4.53. The number of hydrogen-bond donors (Lipinski definition) is 0. The van der Waals surface area contributed by atoms with Gasteiger partial charge in [-0.2, -0.15) is 13.2 Å². The number of aromatic nitrogens is 1. The van der Waals surface area contributed by atoms with Gasteiger partial charge in [0.05, 0.1) is 15.5 Å². The van der Waals surface area contributed by atoms with E-state index in [1.54, 1.807) is 0 Å². The minimum Gasteiger partial charge on any atom is -0.307 e. The molecule has 0 saturated carbocycles. The highest BCUT2D eigenvalue weighted by atomic mass is 35.5. The van der Waals surface area contributed by atoms with Crippen molar-refractivity contribution in [1.82, 2.24) is 4.57 Å². The van der Waals surface area contributed by atoms with E-state index in [2.05, 4.69) is 0 Å². The summed E-state index contributed by atoms with van der Waals surface area (Å²) in [6.07, 6.45) is -3.93. The number of sulfone groups is 1. The lowest BCUT2D eigenvalue weighted by Crippen LogP contribution is -2.26. The minimum atomic E-state index is -4.76. The van der Waals surface area contributed by atoms with Gasteiger partial charge >= 0.3 is 6.18 Å².